The van der Waals surface area contributed by atoms with Crippen molar-refractivity contribution in [1.29, 1.82) is 0 Å². The molecule has 2 amide bonds. The average Bonchev–Trinajstić information content (AvgIpc) is 2.78. The molecule has 202 valence electrons. The molecule has 1 aromatic heterocycles. The van der Waals surface area contributed by atoms with Crippen LogP contribution in [0.3, 0.4) is 0 Å². The Hall–Kier alpha value is -2.97. The third kappa shape index (κ3) is 11.2. The highest BCUT2D eigenvalue weighted by Crippen LogP contribution is 2.15. The van der Waals surface area contributed by atoms with E-state index in [2.05, 4.69) is 19.2 Å². The largest absolute Gasteiger partial charge is 0.444 e. The van der Waals surface area contributed by atoms with Crippen LogP contribution in [0.1, 0.15) is 85.6 Å². The second-order valence-corrected chi connectivity index (χ2v) is 10.4. The van der Waals surface area contributed by atoms with Crippen LogP contribution in [-0.2, 0) is 32.1 Å². The van der Waals surface area contributed by atoms with Gasteiger partial charge in [-0.25, -0.2) is 4.79 Å². The lowest BCUT2D eigenvalue weighted by atomic mass is 9.96. The Morgan fingerprint density at radius 2 is 1.72 bits per heavy atom. The number of hydrogen-bond donors (Lipinski definition) is 2. The number of ketones is 2. The summed E-state index contributed by atoms with van der Waals surface area (Å²) in [4.78, 5) is 62.3. The third-order valence-corrected chi connectivity index (χ3v) is 6.25. The van der Waals surface area contributed by atoms with Crippen molar-refractivity contribution in [3.8, 4) is 0 Å². The van der Waals surface area contributed by atoms with Gasteiger partial charge >= 0.3 is 6.09 Å². The van der Waals surface area contributed by atoms with Crippen molar-refractivity contribution in [3.05, 3.63) is 34.2 Å². The van der Waals surface area contributed by atoms with Crippen molar-refractivity contribution >= 4 is 23.6 Å². The van der Waals surface area contributed by atoms with Crippen molar-refractivity contribution in [2.24, 2.45) is 17.6 Å². The first-order valence-corrected chi connectivity index (χ1v) is 12.8. The molecule has 0 saturated heterocycles. The summed E-state index contributed by atoms with van der Waals surface area (Å²) in [5.74, 6) is -0.926. The summed E-state index contributed by atoms with van der Waals surface area (Å²) in [6, 6.07) is 2.21. The van der Waals surface area contributed by atoms with Gasteiger partial charge in [0.1, 0.15) is 5.60 Å². The van der Waals surface area contributed by atoms with E-state index in [4.69, 9.17) is 10.5 Å². The van der Waals surface area contributed by atoms with Crippen molar-refractivity contribution in [3.63, 3.8) is 0 Å². The van der Waals surface area contributed by atoms with Crippen molar-refractivity contribution < 1.29 is 23.9 Å². The number of alkyl carbamates (subject to hydrolysis) is 1. The van der Waals surface area contributed by atoms with Gasteiger partial charge in [0.15, 0.2) is 11.6 Å². The number of nitrogens with one attached hydrogen (secondary N) is 1. The maximum Gasteiger partial charge on any atom is 0.408 e. The molecule has 0 aliphatic heterocycles. The minimum atomic E-state index is -0.962. The Balaban J connectivity index is 2.97. The topological polar surface area (TPSA) is 138 Å². The van der Waals surface area contributed by atoms with Gasteiger partial charge < -0.3 is 20.4 Å². The Kier molecular flexibility index (Phi) is 12.6. The highest BCUT2D eigenvalue weighted by Gasteiger charge is 2.26. The number of rotatable bonds is 15. The number of ether oxygens (including phenoxy) is 1. The molecule has 0 bridgehead atoms. The van der Waals surface area contributed by atoms with Crippen molar-refractivity contribution in [1.82, 2.24) is 9.88 Å². The molecule has 3 N–H and O–H groups in total. The van der Waals surface area contributed by atoms with Gasteiger partial charge in [0.2, 0.25) is 5.91 Å². The molecule has 1 heterocycles. The first-order chi connectivity index (χ1) is 16.8. The van der Waals surface area contributed by atoms with Crippen LogP contribution in [0.15, 0.2) is 23.1 Å². The molecular weight excluding hydrogens is 462 g/mol. The Morgan fingerprint density at radius 3 is 2.28 bits per heavy atom. The van der Waals surface area contributed by atoms with Crippen LogP contribution in [-0.4, -0.2) is 39.8 Å². The van der Waals surface area contributed by atoms with Gasteiger partial charge in [0.05, 0.1) is 12.6 Å². The standard InChI is InChI=1S/C27H43N3O6/c1-7-19(8-2)12-13-21(31)17-30-15-9-10-20(25(30)34)16-23(32)22(14-11-18(3)24(28)33)29-26(35)36-27(4,5)6/h9-10,15,18-19,22H,7-8,11-14,16-17H2,1-6H3,(H2,28,33)(H,29,35)/t18?,22-/m0/s1. The number of carbonyl (C=O) groups is 4. The van der Waals surface area contributed by atoms with Crippen molar-refractivity contribution in [2.45, 2.75) is 105 Å². The third-order valence-electron chi connectivity index (χ3n) is 6.25. The van der Waals surface area contributed by atoms with Gasteiger partial charge in [-0.3, -0.25) is 19.2 Å². The minimum Gasteiger partial charge on any atom is -0.444 e. The van der Waals surface area contributed by atoms with E-state index in [-0.39, 0.29) is 37.2 Å². The Morgan fingerprint density at radius 1 is 1.08 bits per heavy atom. The molecular formula is C27H43N3O6. The van der Waals surface area contributed by atoms with E-state index >= 15 is 0 Å². The second-order valence-electron chi connectivity index (χ2n) is 10.4. The van der Waals surface area contributed by atoms with Gasteiger partial charge in [-0.2, -0.15) is 0 Å². The zero-order valence-corrected chi connectivity index (χ0v) is 22.6. The highest BCUT2D eigenvalue weighted by atomic mass is 16.6. The molecule has 0 aliphatic carbocycles. The summed E-state index contributed by atoms with van der Waals surface area (Å²) >= 11 is 0. The van der Waals surface area contributed by atoms with E-state index in [9.17, 15) is 24.0 Å². The van der Waals surface area contributed by atoms with Crippen LogP contribution in [0.4, 0.5) is 4.79 Å². The normalized spacial score (nSPS) is 13.2. The maximum absolute atomic E-state index is 13.1. The summed E-state index contributed by atoms with van der Waals surface area (Å²) in [5, 5.41) is 2.57. The lowest BCUT2D eigenvalue weighted by Gasteiger charge is -2.23. The molecule has 36 heavy (non-hydrogen) atoms. The molecule has 2 atom stereocenters. The van der Waals surface area contributed by atoms with E-state index in [0.29, 0.717) is 12.3 Å². The zero-order chi connectivity index (χ0) is 27.5. The van der Waals surface area contributed by atoms with Crippen LogP contribution in [0, 0.1) is 11.8 Å². The SMILES string of the molecule is CCC(CC)CCC(=O)Cn1cccc(CC(=O)[C@H](CCC(C)C(N)=O)NC(=O)OC(C)(C)C)c1=O. The predicted molar refractivity (Wildman–Crippen MR) is 138 cm³/mol. The number of nitrogens with two attached hydrogens (primary N) is 1. The number of carbonyl (C=O) groups excluding carboxylic acids is 4. The maximum atomic E-state index is 13.1. The fourth-order valence-electron chi connectivity index (χ4n) is 3.81. The number of aromatic nitrogens is 1. The quantitative estimate of drug-likeness (QED) is 0.374. The summed E-state index contributed by atoms with van der Waals surface area (Å²) in [5.41, 5.74) is 4.39. The van der Waals surface area contributed by atoms with E-state index in [1.54, 1.807) is 39.8 Å². The molecule has 9 nitrogen and oxygen atoms in total. The molecule has 0 fully saturated rings. The molecule has 1 unspecified atom stereocenters. The molecule has 0 aliphatic rings. The van der Waals surface area contributed by atoms with E-state index in [1.165, 1.54) is 10.8 Å². The zero-order valence-electron chi connectivity index (χ0n) is 22.6. The monoisotopic (exact) mass is 505 g/mol. The number of nitrogens with zero attached hydrogens (tertiary/aromatic N) is 1. The lowest BCUT2D eigenvalue weighted by Crippen LogP contribution is -2.45. The van der Waals surface area contributed by atoms with E-state index in [1.807, 2.05) is 0 Å². The Labute approximate surface area is 214 Å². The number of amides is 2. The Bertz CT molecular complexity index is 959. The van der Waals surface area contributed by atoms with Gasteiger partial charge in [-0.05, 0) is 52.0 Å². The van der Waals surface area contributed by atoms with Crippen molar-refractivity contribution in [2.75, 3.05) is 0 Å². The van der Waals surface area contributed by atoms with Crippen LogP contribution in [0.2, 0.25) is 0 Å². The molecule has 1 rings (SSSR count). The smallest absolute Gasteiger partial charge is 0.408 e. The first-order valence-electron chi connectivity index (χ1n) is 12.8. The van der Waals surface area contributed by atoms with E-state index in [0.717, 1.165) is 19.3 Å². The highest BCUT2D eigenvalue weighted by molar-refractivity contribution is 5.89. The van der Waals surface area contributed by atoms with Crippen LogP contribution < -0.4 is 16.6 Å². The summed E-state index contributed by atoms with van der Waals surface area (Å²) in [6.45, 7) is 10.9. The number of Topliss-reactive ketones (excluding diaryl/α,β-unsaturated/α-hetero) is 2. The number of pyridine rings is 1. The second kappa shape index (κ2) is 14.6. The van der Waals surface area contributed by atoms with Gasteiger partial charge in [-0.15, -0.1) is 0 Å². The molecule has 0 radical (unpaired) electrons. The van der Waals surface area contributed by atoms with Crippen LogP contribution in [0.25, 0.3) is 0 Å². The molecule has 0 spiro atoms. The van der Waals surface area contributed by atoms with Crippen LogP contribution in [0.5, 0.6) is 0 Å². The molecule has 0 saturated carbocycles. The number of primary amides is 1. The van der Waals surface area contributed by atoms with E-state index < -0.39 is 40.9 Å². The fraction of sp³-hybridized carbons (Fsp3) is 0.667. The minimum absolute atomic E-state index is 0.0302. The molecule has 1 aromatic rings. The van der Waals surface area contributed by atoms with Gasteiger partial charge in [0.25, 0.3) is 5.56 Å². The average molecular weight is 506 g/mol. The summed E-state index contributed by atoms with van der Waals surface area (Å²) < 4.78 is 6.59. The lowest BCUT2D eigenvalue weighted by molar-refractivity contribution is -0.123. The molecule has 9 heteroatoms. The number of hydrogen-bond acceptors (Lipinski definition) is 6. The predicted octanol–water partition coefficient (Wildman–Crippen LogP) is 3.54. The fourth-order valence-corrected chi connectivity index (χ4v) is 3.81. The van der Waals surface area contributed by atoms with Gasteiger partial charge in [-0.1, -0.05) is 39.7 Å². The summed E-state index contributed by atoms with van der Waals surface area (Å²) in [7, 11) is 0. The summed E-state index contributed by atoms with van der Waals surface area (Å²) in [6.07, 6.45) is 4.21. The molecule has 0 aromatic carbocycles. The van der Waals surface area contributed by atoms with Crippen LogP contribution >= 0.6 is 0 Å². The first kappa shape index (κ1) is 31.1. The van der Waals surface area contributed by atoms with Gasteiger partial charge in [0, 0.05) is 30.5 Å².